The lowest BCUT2D eigenvalue weighted by Gasteiger charge is -2.20. The maximum atomic E-state index is 13.7. The average Bonchev–Trinajstić information content (AvgIpc) is 3.23. The SMILES string of the molecule is Cc1ccc(C(C)(O)CNC(=O)c2cc(-c3ccccc3F)on2)o1. The van der Waals surface area contributed by atoms with Crippen LogP contribution >= 0.6 is 0 Å². The number of furan rings is 1. The smallest absolute Gasteiger partial charge is 0.273 e. The van der Waals surface area contributed by atoms with E-state index in [1.807, 2.05) is 0 Å². The van der Waals surface area contributed by atoms with E-state index in [9.17, 15) is 14.3 Å². The topological polar surface area (TPSA) is 88.5 Å². The van der Waals surface area contributed by atoms with Crippen LogP contribution in [0.25, 0.3) is 11.3 Å². The zero-order valence-corrected chi connectivity index (χ0v) is 13.7. The Labute approximate surface area is 143 Å². The van der Waals surface area contributed by atoms with E-state index in [1.165, 1.54) is 25.1 Å². The lowest BCUT2D eigenvalue weighted by atomic mass is 10.0. The zero-order chi connectivity index (χ0) is 18.0. The van der Waals surface area contributed by atoms with Gasteiger partial charge in [-0.25, -0.2) is 4.39 Å². The molecule has 0 aliphatic heterocycles. The number of hydrogen-bond donors (Lipinski definition) is 2. The van der Waals surface area contributed by atoms with Crippen LogP contribution in [0.2, 0.25) is 0 Å². The van der Waals surface area contributed by atoms with Gasteiger partial charge < -0.3 is 19.4 Å². The second-order valence-corrected chi connectivity index (χ2v) is 5.92. The molecule has 2 aromatic heterocycles. The first-order chi connectivity index (χ1) is 11.9. The Kier molecular flexibility index (Phi) is 4.41. The number of rotatable bonds is 5. The highest BCUT2D eigenvalue weighted by Gasteiger charge is 2.28. The standard InChI is InChI=1S/C18H17FN2O4/c1-11-7-8-16(24-11)18(2,23)10-20-17(22)14-9-15(25-21-14)12-5-3-4-6-13(12)19/h3-9,23H,10H2,1-2H3,(H,20,22). The van der Waals surface area contributed by atoms with Crippen LogP contribution < -0.4 is 5.32 Å². The van der Waals surface area contributed by atoms with Crippen LogP contribution in [-0.2, 0) is 5.60 Å². The van der Waals surface area contributed by atoms with Crippen molar-refractivity contribution in [3.05, 3.63) is 65.5 Å². The van der Waals surface area contributed by atoms with Crippen LogP contribution in [0.4, 0.5) is 4.39 Å². The minimum atomic E-state index is -1.37. The molecule has 1 unspecified atom stereocenters. The van der Waals surface area contributed by atoms with Gasteiger partial charge >= 0.3 is 0 Å². The van der Waals surface area contributed by atoms with Crippen LogP contribution in [-0.4, -0.2) is 22.7 Å². The normalized spacial score (nSPS) is 13.4. The summed E-state index contributed by atoms with van der Waals surface area (Å²) in [6, 6.07) is 10.8. The quantitative estimate of drug-likeness (QED) is 0.743. The van der Waals surface area contributed by atoms with Gasteiger partial charge in [0.05, 0.1) is 12.1 Å². The zero-order valence-electron chi connectivity index (χ0n) is 13.7. The number of nitrogens with one attached hydrogen (secondary N) is 1. The van der Waals surface area contributed by atoms with Crippen molar-refractivity contribution in [2.24, 2.45) is 0 Å². The van der Waals surface area contributed by atoms with Crippen LogP contribution in [0.5, 0.6) is 0 Å². The summed E-state index contributed by atoms with van der Waals surface area (Å²) in [5, 5.41) is 16.6. The summed E-state index contributed by atoms with van der Waals surface area (Å²) >= 11 is 0. The summed E-state index contributed by atoms with van der Waals surface area (Å²) in [4.78, 5) is 12.2. The van der Waals surface area contributed by atoms with Crippen molar-refractivity contribution in [3.8, 4) is 11.3 Å². The third-order valence-corrected chi connectivity index (χ3v) is 3.75. The number of aryl methyl sites for hydroxylation is 1. The highest BCUT2D eigenvalue weighted by molar-refractivity contribution is 5.93. The van der Waals surface area contributed by atoms with Gasteiger partial charge in [0.25, 0.3) is 5.91 Å². The lowest BCUT2D eigenvalue weighted by Crippen LogP contribution is -2.38. The summed E-state index contributed by atoms with van der Waals surface area (Å²) < 4.78 is 24.2. The number of nitrogens with zero attached hydrogens (tertiary/aromatic N) is 1. The van der Waals surface area contributed by atoms with Crippen LogP contribution in [0.15, 0.2) is 51.4 Å². The third kappa shape index (κ3) is 3.61. The van der Waals surface area contributed by atoms with E-state index in [1.54, 1.807) is 31.2 Å². The first kappa shape index (κ1) is 16.9. The fraction of sp³-hybridized carbons (Fsp3) is 0.222. The molecule has 1 atom stereocenters. The fourth-order valence-electron chi connectivity index (χ4n) is 2.32. The minimum absolute atomic E-state index is 0.00956. The Bertz CT molecular complexity index is 898. The number of carbonyl (C=O) groups is 1. The summed E-state index contributed by atoms with van der Waals surface area (Å²) in [7, 11) is 0. The van der Waals surface area contributed by atoms with E-state index in [2.05, 4.69) is 10.5 Å². The van der Waals surface area contributed by atoms with E-state index in [0.29, 0.717) is 11.5 Å². The van der Waals surface area contributed by atoms with Gasteiger partial charge in [-0.3, -0.25) is 4.79 Å². The third-order valence-electron chi connectivity index (χ3n) is 3.75. The molecule has 25 heavy (non-hydrogen) atoms. The maximum absolute atomic E-state index is 13.7. The molecule has 0 aliphatic rings. The van der Waals surface area contributed by atoms with Crippen molar-refractivity contribution < 1.29 is 23.2 Å². The van der Waals surface area contributed by atoms with Crippen molar-refractivity contribution >= 4 is 5.91 Å². The number of halogens is 1. The molecular weight excluding hydrogens is 327 g/mol. The largest absolute Gasteiger partial charge is 0.463 e. The molecule has 0 radical (unpaired) electrons. The number of aliphatic hydroxyl groups is 1. The fourth-order valence-corrected chi connectivity index (χ4v) is 2.32. The van der Waals surface area contributed by atoms with Gasteiger partial charge in [-0.05, 0) is 38.1 Å². The molecule has 6 nitrogen and oxygen atoms in total. The molecule has 0 spiro atoms. The number of amides is 1. The van der Waals surface area contributed by atoms with Crippen molar-refractivity contribution in [1.29, 1.82) is 0 Å². The highest BCUT2D eigenvalue weighted by atomic mass is 19.1. The average molecular weight is 344 g/mol. The number of carbonyl (C=O) groups excluding carboxylic acids is 1. The maximum Gasteiger partial charge on any atom is 0.273 e. The first-order valence-electron chi connectivity index (χ1n) is 7.66. The summed E-state index contributed by atoms with van der Waals surface area (Å²) in [5.41, 5.74) is -1.17. The van der Waals surface area contributed by atoms with Crippen LogP contribution in [0, 0.1) is 12.7 Å². The number of benzene rings is 1. The Balaban J connectivity index is 1.69. The molecule has 1 aromatic carbocycles. The molecule has 2 N–H and O–H groups in total. The molecule has 2 heterocycles. The van der Waals surface area contributed by atoms with Gasteiger partial charge in [0.15, 0.2) is 11.5 Å². The van der Waals surface area contributed by atoms with Crippen molar-refractivity contribution in [1.82, 2.24) is 10.5 Å². The van der Waals surface area contributed by atoms with Gasteiger partial charge in [-0.15, -0.1) is 0 Å². The summed E-state index contributed by atoms with van der Waals surface area (Å²) in [6.45, 7) is 3.21. The molecule has 0 aliphatic carbocycles. The second-order valence-electron chi connectivity index (χ2n) is 5.92. The Morgan fingerprint density at radius 3 is 2.76 bits per heavy atom. The lowest BCUT2D eigenvalue weighted by molar-refractivity contribution is 0.0322. The Hall–Kier alpha value is -2.93. The van der Waals surface area contributed by atoms with Crippen LogP contribution in [0.1, 0.15) is 28.9 Å². The molecule has 130 valence electrons. The summed E-state index contributed by atoms with van der Waals surface area (Å²) in [6.07, 6.45) is 0. The first-order valence-corrected chi connectivity index (χ1v) is 7.66. The molecular formula is C18H17FN2O4. The van der Waals surface area contributed by atoms with E-state index < -0.39 is 17.3 Å². The monoisotopic (exact) mass is 344 g/mol. The number of aromatic nitrogens is 1. The molecule has 1 amide bonds. The van der Waals surface area contributed by atoms with Gasteiger partial charge in [-0.2, -0.15) is 0 Å². The molecule has 0 saturated heterocycles. The predicted octanol–water partition coefficient (Wildman–Crippen LogP) is 3.02. The molecule has 0 saturated carbocycles. The van der Waals surface area contributed by atoms with E-state index >= 15 is 0 Å². The van der Waals surface area contributed by atoms with Crippen molar-refractivity contribution in [3.63, 3.8) is 0 Å². The van der Waals surface area contributed by atoms with E-state index in [-0.39, 0.29) is 23.6 Å². The van der Waals surface area contributed by atoms with Gasteiger partial charge in [0, 0.05) is 6.07 Å². The van der Waals surface area contributed by atoms with Gasteiger partial charge in [0.2, 0.25) is 0 Å². The van der Waals surface area contributed by atoms with Crippen LogP contribution in [0.3, 0.4) is 0 Å². The molecule has 7 heteroatoms. The van der Waals surface area contributed by atoms with E-state index in [4.69, 9.17) is 8.94 Å². The van der Waals surface area contributed by atoms with E-state index in [0.717, 1.165) is 0 Å². The van der Waals surface area contributed by atoms with Gasteiger partial charge in [0.1, 0.15) is 22.9 Å². The second kappa shape index (κ2) is 6.52. The number of hydrogen-bond acceptors (Lipinski definition) is 5. The minimum Gasteiger partial charge on any atom is -0.463 e. The highest BCUT2D eigenvalue weighted by Crippen LogP contribution is 2.24. The predicted molar refractivity (Wildman–Crippen MR) is 87.2 cm³/mol. The van der Waals surface area contributed by atoms with Crippen molar-refractivity contribution in [2.75, 3.05) is 6.54 Å². The van der Waals surface area contributed by atoms with Gasteiger partial charge in [-0.1, -0.05) is 17.3 Å². The molecule has 0 fully saturated rings. The van der Waals surface area contributed by atoms with Crippen molar-refractivity contribution in [2.45, 2.75) is 19.4 Å². The Morgan fingerprint density at radius 2 is 2.08 bits per heavy atom. The summed E-state index contributed by atoms with van der Waals surface area (Å²) in [5.74, 6) is 0.137. The Morgan fingerprint density at radius 1 is 1.32 bits per heavy atom. The molecule has 0 bridgehead atoms. The molecule has 3 rings (SSSR count). The molecule has 3 aromatic rings.